The number of nitrogens with two attached hydrogens (primary N) is 1. The molecule has 1 aromatic rings. The summed E-state index contributed by atoms with van der Waals surface area (Å²) in [6.45, 7) is 1.90. The maximum absolute atomic E-state index is 13.0. The van der Waals surface area contributed by atoms with Crippen LogP contribution in [0.15, 0.2) is 18.2 Å². The largest absolute Gasteiger partial charge is 0.489 e. The lowest BCUT2D eigenvalue weighted by molar-refractivity contribution is 0.258. The molecule has 2 rings (SSSR count). The van der Waals surface area contributed by atoms with E-state index >= 15 is 0 Å². The summed E-state index contributed by atoms with van der Waals surface area (Å²) in [5.74, 6) is 1.55. The van der Waals surface area contributed by atoms with E-state index < -0.39 is 10.8 Å². The molecule has 1 aliphatic heterocycles. The third-order valence-electron chi connectivity index (χ3n) is 2.94. The highest BCUT2D eigenvalue weighted by Gasteiger charge is 2.24. The van der Waals surface area contributed by atoms with Crippen LogP contribution in [0.25, 0.3) is 0 Å². The molecule has 1 aromatic carbocycles. The fraction of sp³-hybridized carbons (Fsp3) is 0.538. The summed E-state index contributed by atoms with van der Waals surface area (Å²) in [5.41, 5.74) is 6.49. The Hall–Kier alpha value is -0.940. The Bertz CT molecular complexity index is 451. The van der Waals surface area contributed by atoms with Gasteiger partial charge in [-0.25, -0.2) is 4.39 Å². The van der Waals surface area contributed by atoms with E-state index in [9.17, 15) is 8.60 Å². The molecule has 18 heavy (non-hydrogen) atoms. The van der Waals surface area contributed by atoms with Gasteiger partial charge in [0.05, 0.1) is 5.75 Å². The standard InChI is InChI=1S/C13H18FNO2S/c1-9(15)4-5-18(16)8-12-7-10-6-11(14)2-3-13(10)17-12/h2-3,6,9,12H,4-5,7-8,15H2,1H3. The molecular weight excluding hydrogens is 253 g/mol. The maximum atomic E-state index is 13.0. The minimum Gasteiger partial charge on any atom is -0.489 e. The number of fused-ring (bicyclic) bond motifs is 1. The van der Waals surface area contributed by atoms with Gasteiger partial charge in [0, 0.05) is 34.6 Å². The van der Waals surface area contributed by atoms with Gasteiger partial charge in [-0.05, 0) is 31.5 Å². The van der Waals surface area contributed by atoms with Crippen molar-refractivity contribution in [2.45, 2.75) is 31.9 Å². The first kappa shape index (κ1) is 13.5. The van der Waals surface area contributed by atoms with E-state index in [1.165, 1.54) is 12.1 Å². The van der Waals surface area contributed by atoms with Crippen LogP contribution in [0, 0.1) is 5.82 Å². The summed E-state index contributed by atoms with van der Waals surface area (Å²) in [4.78, 5) is 0. The highest BCUT2D eigenvalue weighted by atomic mass is 32.2. The number of ether oxygens (including phenoxy) is 1. The lowest BCUT2D eigenvalue weighted by atomic mass is 10.1. The fourth-order valence-electron chi connectivity index (χ4n) is 1.99. The Morgan fingerprint density at radius 2 is 2.39 bits per heavy atom. The summed E-state index contributed by atoms with van der Waals surface area (Å²) in [7, 11) is -0.923. The second kappa shape index (κ2) is 5.80. The molecule has 0 aliphatic carbocycles. The molecule has 3 atom stereocenters. The molecule has 5 heteroatoms. The van der Waals surface area contributed by atoms with Crippen molar-refractivity contribution in [2.24, 2.45) is 5.73 Å². The third kappa shape index (κ3) is 3.53. The number of benzene rings is 1. The number of hydrogen-bond acceptors (Lipinski definition) is 3. The lowest BCUT2D eigenvalue weighted by Gasteiger charge is -2.11. The van der Waals surface area contributed by atoms with E-state index in [-0.39, 0.29) is 18.0 Å². The molecular formula is C13H18FNO2S. The van der Waals surface area contributed by atoms with E-state index in [0.717, 1.165) is 12.0 Å². The second-order valence-corrected chi connectivity index (χ2v) is 6.39. The van der Waals surface area contributed by atoms with Crippen molar-refractivity contribution in [3.05, 3.63) is 29.6 Å². The summed E-state index contributed by atoms with van der Waals surface area (Å²) < 4.78 is 30.5. The molecule has 0 spiro atoms. The van der Waals surface area contributed by atoms with Crippen molar-refractivity contribution in [1.29, 1.82) is 0 Å². The van der Waals surface area contributed by atoms with E-state index in [1.807, 2.05) is 6.92 Å². The Kier molecular flexibility index (Phi) is 4.35. The maximum Gasteiger partial charge on any atom is 0.123 e. The summed E-state index contributed by atoms with van der Waals surface area (Å²) >= 11 is 0. The first-order valence-electron chi connectivity index (χ1n) is 6.10. The van der Waals surface area contributed by atoms with Gasteiger partial charge in [-0.15, -0.1) is 0 Å². The quantitative estimate of drug-likeness (QED) is 0.885. The van der Waals surface area contributed by atoms with Crippen molar-refractivity contribution in [3.8, 4) is 5.75 Å². The number of halogens is 1. The molecule has 3 unspecified atom stereocenters. The van der Waals surface area contributed by atoms with Crippen molar-refractivity contribution in [2.75, 3.05) is 11.5 Å². The fourth-order valence-corrected chi connectivity index (χ4v) is 3.39. The zero-order valence-corrected chi connectivity index (χ0v) is 11.2. The van der Waals surface area contributed by atoms with Crippen LogP contribution in [0.3, 0.4) is 0 Å². The second-order valence-electron chi connectivity index (χ2n) is 4.77. The molecule has 1 heterocycles. The van der Waals surface area contributed by atoms with Crippen LogP contribution in [0.1, 0.15) is 18.9 Å². The molecule has 0 amide bonds. The normalized spacial score (nSPS) is 21.2. The topological polar surface area (TPSA) is 52.3 Å². The summed E-state index contributed by atoms with van der Waals surface area (Å²) in [6, 6.07) is 4.58. The number of rotatable bonds is 5. The third-order valence-corrected chi connectivity index (χ3v) is 4.37. The smallest absolute Gasteiger partial charge is 0.123 e. The Labute approximate surface area is 109 Å². The van der Waals surface area contributed by atoms with Crippen LogP contribution < -0.4 is 10.5 Å². The van der Waals surface area contributed by atoms with Gasteiger partial charge in [-0.1, -0.05) is 0 Å². The molecule has 2 N–H and O–H groups in total. The average Bonchev–Trinajstić information content (AvgIpc) is 2.67. The summed E-state index contributed by atoms with van der Waals surface area (Å²) in [6.07, 6.45) is 1.29. The average molecular weight is 271 g/mol. The van der Waals surface area contributed by atoms with Gasteiger partial charge >= 0.3 is 0 Å². The minimum absolute atomic E-state index is 0.0738. The van der Waals surface area contributed by atoms with Crippen molar-refractivity contribution in [1.82, 2.24) is 0 Å². The van der Waals surface area contributed by atoms with Gasteiger partial charge in [-0.3, -0.25) is 4.21 Å². The Morgan fingerprint density at radius 1 is 1.61 bits per heavy atom. The molecule has 0 saturated heterocycles. The molecule has 100 valence electrons. The molecule has 0 radical (unpaired) electrons. The van der Waals surface area contributed by atoms with E-state index in [1.54, 1.807) is 6.07 Å². The molecule has 0 fully saturated rings. The van der Waals surface area contributed by atoms with Crippen LogP contribution in [-0.4, -0.2) is 27.9 Å². The van der Waals surface area contributed by atoms with Gasteiger partial charge in [-0.2, -0.15) is 0 Å². The highest BCUT2D eigenvalue weighted by Crippen LogP contribution is 2.29. The van der Waals surface area contributed by atoms with Crippen LogP contribution in [0.5, 0.6) is 5.75 Å². The van der Waals surface area contributed by atoms with E-state index in [2.05, 4.69) is 0 Å². The zero-order chi connectivity index (χ0) is 13.1. The first-order valence-corrected chi connectivity index (χ1v) is 7.59. The van der Waals surface area contributed by atoms with Gasteiger partial charge < -0.3 is 10.5 Å². The van der Waals surface area contributed by atoms with Gasteiger partial charge in [0.25, 0.3) is 0 Å². The van der Waals surface area contributed by atoms with Crippen molar-refractivity contribution in [3.63, 3.8) is 0 Å². The van der Waals surface area contributed by atoms with Crippen molar-refractivity contribution < 1.29 is 13.3 Å². The monoisotopic (exact) mass is 271 g/mol. The highest BCUT2D eigenvalue weighted by molar-refractivity contribution is 7.85. The Morgan fingerprint density at radius 3 is 3.11 bits per heavy atom. The number of hydrogen-bond donors (Lipinski definition) is 1. The van der Waals surface area contributed by atoms with E-state index in [4.69, 9.17) is 10.5 Å². The zero-order valence-electron chi connectivity index (χ0n) is 10.4. The molecule has 0 bridgehead atoms. The first-order chi connectivity index (χ1) is 8.54. The lowest BCUT2D eigenvalue weighted by Crippen LogP contribution is -2.25. The predicted molar refractivity (Wildman–Crippen MR) is 70.7 cm³/mol. The van der Waals surface area contributed by atoms with Gasteiger partial charge in [0.2, 0.25) is 0 Å². The summed E-state index contributed by atoms with van der Waals surface area (Å²) in [5, 5.41) is 0. The van der Waals surface area contributed by atoms with Gasteiger partial charge in [0.1, 0.15) is 17.7 Å². The Balaban J connectivity index is 1.86. The molecule has 3 nitrogen and oxygen atoms in total. The van der Waals surface area contributed by atoms with Crippen LogP contribution in [0.4, 0.5) is 4.39 Å². The predicted octanol–water partition coefficient (Wildman–Crippen LogP) is 1.62. The van der Waals surface area contributed by atoms with Crippen molar-refractivity contribution >= 4 is 10.8 Å². The molecule has 0 saturated carbocycles. The molecule has 1 aliphatic rings. The van der Waals surface area contributed by atoms with E-state index in [0.29, 0.717) is 23.7 Å². The SMILES string of the molecule is CC(N)CCS(=O)CC1Cc2cc(F)ccc2O1. The van der Waals surface area contributed by atoms with Crippen LogP contribution in [0.2, 0.25) is 0 Å². The van der Waals surface area contributed by atoms with Crippen LogP contribution in [-0.2, 0) is 17.2 Å². The van der Waals surface area contributed by atoms with Gasteiger partial charge in [0.15, 0.2) is 0 Å². The van der Waals surface area contributed by atoms with Crippen LogP contribution >= 0.6 is 0 Å². The minimum atomic E-state index is -0.923. The molecule has 0 aromatic heterocycles.